The molecular formula is C15H23N3OS. The van der Waals surface area contributed by atoms with Crippen LogP contribution in [-0.2, 0) is 4.79 Å². The third kappa shape index (κ3) is 3.60. The molecule has 1 aliphatic heterocycles. The minimum Gasteiger partial charge on any atom is -0.399 e. The summed E-state index contributed by atoms with van der Waals surface area (Å²) in [5, 5.41) is 3.08. The number of nitrogens with two attached hydrogens (primary N) is 1. The number of carbonyl (C=O) groups excluding carboxylic acids is 1. The summed E-state index contributed by atoms with van der Waals surface area (Å²) >= 11 is 1.82. The largest absolute Gasteiger partial charge is 0.399 e. The molecule has 0 saturated heterocycles. The van der Waals surface area contributed by atoms with Crippen molar-refractivity contribution in [2.75, 3.05) is 29.5 Å². The Labute approximate surface area is 125 Å². The number of carbonyl (C=O) groups is 1. The molecule has 0 aromatic heterocycles. The van der Waals surface area contributed by atoms with Gasteiger partial charge in [0.05, 0.1) is 12.2 Å². The Morgan fingerprint density at radius 1 is 1.50 bits per heavy atom. The highest BCUT2D eigenvalue weighted by molar-refractivity contribution is 7.99. The third-order valence-corrected chi connectivity index (χ3v) is 4.68. The maximum atomic E-state index is 12.2. The van der Waals surface area contributed by atoms with Gasteiger partial charge in [0.25, 0.3) is 0 Å². The van der Waals surface area contributed by atoms with Crippen LogP contribution in [-0.4, -0.2) is 30.3 Å². The molecule has 0 unspecified atom stereocenters. The van der Waals surface area contributed by atoms with Crippen molar-refractivity contribution >= 4 is 29.0 Å². The van der Waals surface area contributed by atoms with Crippen molar-refractivity contribution in [3.63, 3.8) is 0 Å². The van der Waals surface area contributed by atoms with Gasteiger partial charge in [0.1, 0.15) is 0 Å². The van der Waals surface area contributed by atoms with Crippen molar-refractivity contribution in [1.82, 2.24) is 5.32 Å². The van der Waals surface area contributed by atoms with E-state index in [1.54, 1.807) is 0 Å². The predicted molar refractivity (Wildman–Crippen MR) is 86.3 cm³/mol. The second kappa shape index (κ2) is 5.95. The van der Waals surface area contributed by atoms with Gasteiger partial charge in [-0.15, -0.1) is 11.8 Å². The van der Waals surface area contributed by atoms with Crippen LogP contribution in [0, 0.1) is 0 Å². The zero-order valence-corrected chi connectivity index (χ0v) is 13.2. The van der Waals surface area contributed by atoms with E-state index in [2.05, 4.69) is 17.1 Å². The molecule has 5 heteroatoms. The van der Waals surface area contributed by atoms with Crippen LogP contribution in [0.2, 0.25) is 0 Å². The summed E-state index contributed by atoms with van der Waals surface area (Å²) in [6.45, 7) is 7.43. The molecule has 0 spiro atoms. The van der Waals surface area contributed by atoms with Gasteiger partial charge in [0.2, 0.25) is 5.91 Å². The Hall–Kier alpha value is -1.36. The number of nitrogen functional groups attached to an aromatic ring is 1. The van der Waals surface area contributed by atoms with Gasteiger partial charge in [-0.2, -0.15) is 0 Å². The quantitative estimate of drug-likeness (QED) is 0.837. The molecule has 0 fully saturated rings. The number of fused-ring (bicyclic) bond motifs is 1. The molecule has 1 amide bonds. The monoisotopic (exact) mass is 293 g/mol. The Morgan fingerprint density at radius 3 is 2.95 bits per heavy atom. The van der Waals surface area contributed by atoms with Gasteiger partial charge in [-0.25, -0.2) is 0 Å². The Kier molecular flexibility index (Phi) is 4.48. The number of thioether (sulfide) groups is 1. The highest BCUT2D eigenvalue weighted by atomic mass is 32.2. The highest BCUT2D eigenvalue weighted by Crippen LogP contribution is 2.35. The van der Waals surface area contributed by atoms with Crippen LogP contribution in [0.4, 0.5) is 11.4 Å². The molecular weight excluding hydrogens is 270 g/mol. The fourth-order valence-electron chi connectivity index (χ4n) is 2.13. The minimum atomic E-state index is -0.153. The maximum absolute atomic E-state index is 12.2. The topological polar surface area (TPSA) is 58.4 Å². The molecule has 0 radical (unpaired) electrons. The molecule has 0 atom stereocenters. The lowest BCUT2D eigenvalue weighted by Gasteiger charge is -2.32. The summed E-state index contributed by atoms with van der Waals surface area (Å²) in [5.74, 6) is 1.07. The zero-order chi connectivity index (χ0) is 14.8. The normalized spacial score (nSPS) is 14.8. The summed E-state index contributed by atoms with van der Waals surface area (Å²) in [6, 6.07) is 5.91. The molecule has 0 bridgehead atoms. The fraction of sp³-hybridized carbons (Fsp3) is 0.533. The van der Waals surface area contributed by atoms with Crippen LogP contribution in [0.1, 0.15) is 27.2 Å². The minimum absolute atomic E-state index is 0.0668. The van der Waals surface area contributed by atoms with Gasteiger partial charge in [0, 0.05) is 28.4 Å². The number of benzene rings is 1. The average Bonchev–Trinajstić information content (AvgIpc) is 2.39. The van der Waals surface area contributed by atoms with Gasteiger partial charge >= 0.3 is 0 Å². The molecule has 0 saturated carbocycles. The fourth-order valence-corrected chi connectivity index (χ4v) is 3.16. The van der Waals surface area contributed by atoms with Crippen molar-refractivity contribution in [2.24, 2.45) is 0 Å². The Morgan fingerprint density at radius 2 is 2.25 bits per heavy atom. The molecule has 1 heterocycles. The van der Waals surface area contributed by atoms with E-state index >= 15 is 0 Å². The summed E-state index contributed by atoms with van der Waals surface area (Å²) in [5.41, 5.74) is 7.53. The zero-order valence-electron chi connectivity index (χ0n) is 12.4. The SMILES string of the molecule is CCC(C)(C)NC(=O)CN1CCSc2ccc(N)cc21. The van der Waals surface area contributed by atoms with E-state index in [4.69, 9.17) is 5.73 Å². The first kappa shape index (κ1) is 15.0. The molecule has 2 rings (SSSR count). The van der Waals surface area contributed by atoms with Gasteiger partial charge < -0.3 is 16.0 Å². The average molecular weight is 293 g/mol. The highest BCUT2D eigenvalue weighted by Gasteiger charge is 2.23. The van der Waals surface area contributed by atoms with E-state index in [9.17, 15) is 4.79 Å². The van der Waals surface area contributed by atoms with Crippen LogP contribution in [0.15, 0.2) is 23.1 Å². The van der Waals surface area contributed by atoms with Crippen LogP contribution >= 0.6 is 11.8 Å². The standard InChI is InChI=1S/C15H23N3OS/c1-4-15(2,3)17-14(19)10-18-7-8-20-13-6-5-11(16)9-12(13)18/h5-6,9H,4,7-8,10,16H2,1-3H3,(H,17,19). The van der Waals surface area contributed by atoms with Gasteiger partial charge in [-0.3, -0.25) is 4.79 Å². The lowest BCUT2D eigenvalue weighted by Crippen LogP contribution is -2.48. The molecule has 20 heavy (non-hydrogen) atoms. The summed E-state index contributed by atoms with van der Waals surface area (Å²) in [7, 11) is 0. The van der Waals surface area contributed by atoms with Crippen molar-refractivity contribution < 1.29 is 4.79 Å². The van der Waals surface area contributed by atoms with Gasteiger partial charge in [-0.05, 0) is 38.5 Å². The molecule has 1 aromatic carbocycles. The van der Waals surface area contributed by atoms with Crippen LogP contribution in [0.3, 0.4) is 0 Å². The molecule has 110 valence electrons. The number of hydrogen-bond acceptors (Lipinski definition) is 4. The van der Waals surface area contributed by atoms with E-state index in [1.807, 2.05) is 43.8 Å². The second-order valence-corrected chi connectivity index (χ2v) is 6.92. The van der Waals surface area contributed by atoms with Crippen LogP contribution in [0.5, 0.6) is 0 Å². The van der Waals surface area contributed by atoms with E-state index in [0.29, 0.717) is 6.54 Å². The predicted octanol–water partition coefficient (Wildman–Crippen LogP) is 2.49. The molecule has 1 aliphatic rings. The number of nitrogens with zero attached hydrogens (tertiary/aromatic N) is 1. The number of nitrogens with one attached hydrogen (secondary N) is 1. The maximum Gasteiger partial charge on any atom is 0.239 e. The van der Waals surface area contributed by atoms with E-state index in [-0.39, 0.29) is 11.4 Å². The lowest BCUT2D eigenvalue weighted by molar-refractivity contribution is -0.121. The first-order valence-corrected chi connectivity index (χ1v) is 7.98. The Bertz CT molecular complexity index is 502. The van der Waals surface area contributed by atoms with Gasteiger partial charge in [-0.1, -0.05) is 6.92 Å². The number of rotatable bonds is 4. The second-order valence-electron chi connectivity index (χ2n) is 5.78. The number of anilines is 2. The first-order valence-electron chi connectivity index (χ1n) is 6.99. The lowest BCUT2D eigenvalue weighted by atomic mass is 10.0. The number of amides is 1. The molecule has 3 N–H and O–H groups in total. The molecule has 0 aliphatic carbocycles. The van der Waals surface area contributed by atoms with Crippen LogP contribution in [0.25, 0.3) is 0 Å². The van der Waals surface area contributed by atoms with Crippen molar-refractivity contribution in [3.05, 3.63) is 18.2 Å². The van der Waals surface area contributed by atoms with Gasteiger partial charge in [0.15, 0.2) is 0 Å². The van der Waals surface area contributed by atoms with Crippen molar-refractivity contribution in [1.29, 1.82) is 0 Å². The smallest absolute Gasteiger partial charge is 0.239 e. The number of hydrogen-bond donors (Lipinski definition) is 2. The van der Waals surface area contributed by atoms with Crippen molar-refractivity contribution in [2.45, 2.75) is 37.6 Å². The van der Waals surface area contributed by atoms with E-state index in [0.717, 1.165) is 30.1 Å². The van der Waals surface area contributed by atoms with Crippen LogP contribution < -0.4 is 16.0 Å². The summed E-state index contributed by atoms with van der Waals surface area (Å²) < 4.78 is 0. The summed E-state index contributed by atoms with van der Waals surface area (Å²) in [4.78, 5) is 15.5. The Balaban J connectivity index is 2.08. The molecule has 4 nitrogen and oxygen atoms in total. The first-order chi connectivity index (χ1) is 9.41. The van der Waals surface area contributed by atoms with E-state index < -0.39 is 0 Å². The summed E-state index contributed by atoms with van der Waals surface area (Å²) in [6.07, 6.45) is 0.915. The van der Waals surface area contributed by atoms with Crippen molar-refractivity contribution in [3.8, 4) is 0 Å². The van der Waals surface area contributed by atoms with E-state index in [1.165, 1.54) is 4.90 Å². The third-order valence-electron chi connectivity index (χ3n) is 3.64. The molecule has 1 aromatic rings.